The molecule has 0 radical (unpaired) electrons. The lowest BCUT2D eigenvalue weighted by Crippen LogP contribution is -2.49. The number of aromatic nitrogens is 3. The van der Waals surface area contributed by atoms with Crippen LogP contribution in [0.1, 0.15) is 57.7 Å². The molecule has 0 atom stereocenters. The number of amides is 1. The van der Waals surface area contributed by atoms with Gasteiger partial charge in [0.15, 0.2) is 0 Å². The SMILES string of the molecule is Cn1cnnc1CC1(c2cccc(N3Cc4c(cc(CN5CCCC(F)(F)CC5)cc4C(F)(F)F)C3=O)c2)COC1. The van der Waals surface area contributed by atoms with E-state index in [2.05, 4.69) is 10.2 Å². The molecule has 0 saturated carbocycles. The summed E-state index contributed by atoms with van der Waals surface area (Å²) in [4.78, 5) is 16.7. The highest BCUT2D eigenvalue weighted by atomic mass is 19.4. The van der Waals surface area contributed by atoms with E-state index in [0.29, 0.717) is 37.4 Å². The number of nitrogens with zero attached hydrogens (tertiary/aromatic N) is 5. The fourth-order valence-electron chi connectivity index (χ4n) is 6.05. The quantitative estimate of drug-likeness (QED) is 0.382. The number of fused-ring (bicyclic) bond motifs is 1. The van der Waals surface area contributed by atoms with Gasteiger partial charge in [0, 0.05) is 56.1 Å². The van der Waals surface area contributed by atoms with E-state index in [4.69, 9.17) is 4.74 Å². The van der Waals surface area contributed by atoms with E-state index in [-0.39, 0.29) is 55.4 Å². The van der Waals surface area contributed by atoms with Gasteiger partial charge in [0.1, 0.15) is 12.2 Å². The number of rotatable bonds is 6. The minimum Gasteiger partial charge on any atom is -0.379 e. The molecule has 7 nitrogen and oxygen atoms in total. The third-order valence-electron chi connectivity index (χ3n) is 8.45. The van der Waals surface area contributed by atoms with Gasteiger partial charge in [0.05, 0.1) is 25.3 Å². The van der Waals surface area contributed by atoms with Crippen LogP contribution in [0.15, 0.2) is 42.7 Å². The molecule has 4 heterocycles. The van der Waals surface area contributed by atoms with Gasteiger partial charge in [-0.15, -0.1) is 10.2 Å². The van der Waals surface area contributed by atoms with E-state index in [9.17, 15) is 26.7 Å². The lowest BCUT2D eigenvalue weighted by Gasteiger charge is -2.42. The number of ether oxygens (including phenoxy) is 1. The fraction of sp³-hybridized carbons (Fsp3) is 0.483. The summed E-state index contributed by atoms with van der Waals surface area (Å²) in [5.74, 6) is -2.51. The summed E-state index contributed by atoms with van der Waals surface area (Å²) >= 11 is 0. The maximum atomic E-state index is 14.2. The normalized spacial score (nSPS) is 20.5. The highest BCUT2D eigenvalue weighted by molar-refractivity contribution is 6.10. The minimum atomic E-state index is -4.67. The summed E-state index contributed by atoms with van der Waals surface area (Å²) in [7, 11) is 1.85. The van der Waals surface area contributed by atoms with Gasteiger partial charge in [0.2, 0.25) is 5.92 Å². The van der Waals surface area contributed by atoms with Crippen molar-refractivity contribution in [1.82, 2.24) is 19.7 Å². The summed E-state index contributed by atoms with van der Waals surface area (Å²) in [5.41, 5.74) is 0.379. The van der Waals surface area contributed by atoms with Gasteiger partial charge in [-0.1, -0.05) is 12.1 Å². The molecule has 2 fully saturated rings. The van der Waals surface area contributed by atoms with Gasteiger partial charge in [0.25, 0.3) is 5.91 Å². The first-order chi connectivity index (χ1) is 19.4. The van der Waals surface area contributed by atoms with Crippen molar-refractivity contribution in [3.8, 4) is 0 Å². The topological polar surface area (TPSA) is 63.5 Å². The van der Waals surface area contributed by atoms with Crippen molar-refractivity contribution in [3.05, 3.63) is 76.4 Å². The van der Waals surface area contributed by atoms with Crippen molar-refractivity contribution in [1.29, 1.82) is 0 Å². The number of alkyl halides is 5. The molecule has 218 valence electrons. The lowest BCUT2D eigenvalue weighted by molar-refractivity contribution is -0.138. The van der Waals surface area contributed by atoms with Crippen LogP contribution in [0.2, 0.25) is 0 Å². The maximum absolute atomic E-state index is 14.2. The van der Waals surface area contributed by atoms with E-state index in [1.165, 1.54) is 11.0 Å². The molecule has 2 aromatic carbocycles. The predicted octanol–water partition coefficient (Wildman–Crippen LogP) is 5.13. The van der Waals surface area contributed by atoms with E-state index < -0.39 is 23.6 Å². The number of hydrogen-bond acceptors (Lipinski definition) is 5. The van der Waals surface area contributed by atoms with Gasteiger partial charge in [-0.25, -0.2) is 8.78 Å². The number of aryl methyl sites for hydroxylation is 1. The third-order valence-corrected chi connectivity index (χ3v) is 8.45. The number of likely N-dealkylation sites (tertiary alicyclic amines) is 1. The van der Waals surface area contributed by atoms with Gasteiger partial charge in [-0.05, 0) is 53.9 Å². The van der Waals surface area contributed by atoms with Crippen LogP contribution in [0.25, 0.3) is 0 Å². The molecule has 12 heteroatoms. The zero-order valence-electron chi connectivity index (χ0n) is 22.6. The summed E-state index contributed by atoms with van der Waals surface area (Å²) < 4.78 is 77.8. The summed E-state index contributed by atoms with van der Waals surface area (Å²) in [6.45, 7) is 1.19. The van der Waals surface area contributed by atoms with E-state index in [1.807, 2.05) is 23.7 Å². The van der Waals surface area contributed by atoms with Crippen LogP contribution in [-0.2, 0) is 42.9 Å². The second kappa shape index (κ2) is 10.2. The van der Waals surface area contributed by atoms with Gasteiger partial charge < -0.3 is 14.2 Å². The second-order valence-corrected chi connectivity index (χ2v) is 11.4. The molecule has 1 amide bonds. The number of carbonyl (C=O) groups is 1. The van der Waals surface area contributed by atoms with Crippen LogP contribution in [0.3, 0.4) is 0 Å². The first-order valence-electron chi connectivity index (χ1n) is 13.6. The van der Waals surface area contributed by atoms with Crippen LogP contribution < -0.4 is 4.90 Å². The highest BCUT2D eigenvalue weighted by Gasteiger charge is 2.44. The molecule has 0 spiro atoms. The lowest BCUT2D eigenvalue weighted by atomic mass is 9.75. The first-order valence-corrected chi connectivity index (χ1v) is 13.6. The van der Waals surface area contributed by atoms with Crippen molar-refractivity contribution >= 4 is 11.6 Å². The van der Waals surface area contributed by atoms with Crippen molar-refractivity contribution in [2.45, 2.75) is 56.3 Å². The molecule has 3 aliphatic rings. The monoisotopic (exact) mass is 575 g/mol. The second-order valence-electron chi connectivity index (χ2n) is 11.4. The molecule has 0 bridgehead atoms. The van der Waals surface area contributed by atoms with Crippen LogP contribution in [0, 0.1) is 0 Å². The number of carbonyl (C=O) groups excluding carboxylic acids is 1. The Morgan fingerprint density at radius 1 is 1.07 bits per heavy atom. The molecule has 0 N–H and O–H groups in total. The molecule has 0 aliphatic carbocycles. The Bertz CT molecular complexity index is 1470. The van der Waals surface area contributed by atoms with E-state index >= 15 is 0 Å². The number of hydrogen-bond donors (Lipinski definition) is 0. The van der Waals surface area contributed by atoms with E-state index in [1.54, 1.807) is 23.4 Å². The number of anilines is 1. The van der Waals surface area contributed by atoms with Crippen LogP contribution >= 0.6 is 0 Å². The molecular weight excluding hydrogens is 545 g/mol. The molecule has 1 aromatic heterocycles. The largest absolute Gasteiger partial charge is 0.416 e. The molecule has 41 heavy (non-hydrogen) atoms. The smallest absolute Gasteiger partial charge is 0.379 e. The third kappa shape index (κ3) is 5.34. The summed E-state index contributed by atoms with van der Waals surface area (Å²) in [6.07, 6.45) is -2.81. The molecular formula is C29H30F5N5O2. The van der Waals surface area contributed by atoms with Gasteiger partial charge in [-0.3, -0.25) is 9.69 Å². The zero-order chi connectivity index (χ0) is 29.0. The Hall–Kier alpha value is -3.38. The average molecular weight is 576 g/mol. The number of benzene rings is 2. The molecule has 2 saturated heterocycles. The van der Waals surface area contributed by atoms with Crippen molar-refractivity contribution < 1.29 is 31.5 Å². The number of halogens is 5. The van der Waals surface area contributed by atoms with Gasteiger partial charge in [-0.2, -0.15) is 13.2 Å². The average Bonchev–Trinajstić information content (AvgIpc) is 3.40. The van der Waals surface area contributed by atoms with Crippen molar-refractivity contribution in [3.63, 3.8) is 0 Å². The Balaban J connectivity index is 1.29. The Morgan fingerprint density at radius 3 is 2.56 bits per heavy atom. The Morgan fingerprint density at radius 2 is 1.88 bits per heavy atom. The fourth-order valence-corrected chi connectivity index (χ4v) is 6.05. The summed E-state index contributed by atoms with van der Waals surface area (Å²) in [6, 6.07) is 9.84. The van der Waals surface area contributed by atoms with Gasteiger partial charge >= 0.3 is 6.18 Å². The molecule has 3 aromatic rings. The van der Waals surface area contributed by atoms with Crippen LogP contribution in [0.5, 0.6) is 0 Å². The van der Waals surface area contributed by atoms with Crippen LogP contribution in [-0.4, -0.2) is 57.8 Å². The molecule has 6 rings (SSSR count). The zero-order valence-corrected chi connectivity index (χ0v) is 22.6. The summed E-state index contributed by atoms with van der Waals surface area (Å²) in [5, 5.41) is 8.13. The van der Waals surface area contributed by atoms with Crippen molar-refractivity contribution in [2.24, 2.45) is 7.05 Å². The van der Waals surface area contributed by atoms with Crippen LogP contribution in [0.4, 0.5) is 27.6 Å². The predicted molar refractivity (Wildman–Crippen MR) is 140 cm³/mol. The van der Waals surface area contributed by atoms with E-state index in [0.717, 1.165) is 17.5 Å². The standard InChI is InChI=1S/C29H30F5N5O2/c1-37-18-35-36-25(37)13-27(16-41-17-27)20-4-2-5-21(12-20)39-15-23-22(26(39)40)10-19(11-24(23)29(32,33)34)14-38-8-3-6-28(30,31)7-9-38/h2,4-5,10-12,18H,3,6-9,13-17H2,1H3. The first kappa shape index (κ1) is 27.8. The molecule has 0 unspecified atom stereocenters. The Labute approximate surface area is 233 Å². The maximum Gasteiger partial charge on any atom is 0.416 e. The highest BCUT2D eigenvalue weighted by Crippen LogP contribution is 2.42. The Kier molecular flexibility index (Phi) is 6.88. The molecule has 3 aliphatic heterocycles. The minimum absolute atomic E-state index is 0.00107. The van der Waals surface area contributed by atoms with Crippen molar-refractivity contribution in [2.75, 3.05) is 31.2 Å².